The Morgan fingerprint density at radius 2 is 1.68 bits per heavy atom. The molecule has 0 spiro atoms. The van der Waals surface area contributed by atoms with Crippen LogP contribution in [0.15, 0.2) is 111 Å². The average molecular weight is 944 g/mol. The number of sulfone groups is 1. The summed E-state index contributed by atoms with van der Waals surface area (Å²) in [6, 6.07) is 24.5. The van der Waals surface area contributed by atoms with E-state index in [9.17, 15) is 39.6 Å². The Labute approximate surface area is 368 Å². The van der Waals surface area contributed by atoms with Crippen LogP contribution in [0.3, 0.4) is 0 Å². The van der Waals surface area contributed by atoms with E-state index < -0.39 is 53.5 Å². The molecule has 326 valence electrons. The Morgan fingerprint density at radius 1 is 0.919 bits per heavy atom. The van der Waals surface area contributed by atoms with Gasteiger partial charge in [0.2, 0.25) is 9.84 Å². The van der Waals surface area contributed by atoms with Crippen molar-refractivity contribution in [2.45, 2.75) is 52.0 Å². The number of sulfonamides is 1. The smallest absolute Gasteiger partial charge is 0.284 e. The topological polar surface area (TPSA) is 171 Å². The molecule has 0 bridgehead atoms. The molecule has 62 heavy (non-hydrogen) atoms. The van der Waals surface area contributed by atoms with Gasteiger partial charge in [0.05, 0.1) is 25.7 Å². The third-order valence-electron chi connectivity index (χ3n) is 9.80. The Bertz CT molecular complexity index is 2780. The van der Waals surface area contributed by atoms with Crippen LogP contribution in [0, 0.1) is 0 Å². The van der Waals surface area contributed by atoms with Gasteiger partial charge in [0.25, 0.3) is 33.8 Å². The lowest BCUT2D eigenvalue weighted by molar-refractivity contribution is 0.0902. The highest BCUT2D eigenvalue weighted by Gasteiger charge is 2.38. The number of rotatable bonds is 17. The molecule has 0 aliphatic carbocycles. The third-order valence-corrected chi connectivity index (χ3v) is 15.9. The monoisotopic (exact) mass is 943 g/mol. The zero-order valence-electron chi connectivity index (χ0n) is 33.1. The van der Waals surface area contributed by atoms with Crippen molar-refractivity contribution in [3.8, 4) is 0 Å². The van der Waals surface area contributed by atoms with E-state index in [1.165, 1.54) is 28.5 Å². The van der Waals surface area contributed by atoms with Crippen LogP contribution < -0.4 is 20.3 Å². The number of para-hydroxylation sites is 1. The number of carbonyl (C=O) groups is 2. The van der Waals surface area contributed by atoms with Gasteiger partial charge in [-0.3, -0.25) is 14.9 Å². The first-order valence-corrected chi connectivity index (χ1v) is 24.7. The van der Waals surface area contributed by atoms with Gasteiger partial charge in [0.1, 0.15) is 5.69 Å². The number of nitrogens with one attached hydrogen (secondary N) is 3. The second kappa shape index (κ2) is 19.1. The molecular formula is C41H40F3N7O6S5. The highest BCUT2D eigenvalue weighted by Crippen LogP contribution is 2.34. The van der Waals surface area contributed by atoms with Gasteiger partial charge in [-0.1, -0.05) is 53.8 Å². The molecule has 0 radical (unpaired) electrons. The fourth-order valence-corrected chi connectivity index (χ4v) is 11.6. The molecule has 13 nitrogen and oxygen atoms in total. The van der Waals surface area contributed by atoms with E-state index in [1.807, 2.05) is 89.3 Å². The number of nitrogens with zero attached hydrogens (tertiary/aromatic N) is 4. The SMILES string of the molecule is CN(C)CC[C@H](CSc1ccccc1)Nc1ccc(S(=O)(=O)NC(=O)c2csc(N3CCc4cccc(C(=O)Nc5nc6ccccc6s5)c4C3)n2)cc1S(=O)(=O)C(F)C(F)F. The molecule has 1 aliphatic heterocycles. The summed E-state index contributed by atoms with van der Waals surface area (Å²) in [7, 11) is -6.64. The highest BCUT2D eigenvalue weighted by atomic mass is 32.2. The molecule has 1 aliphatic rings. The van der Waals surface area contributed by atoms with E-state index in [2.05, 4.69) is 20.6 Å². The molecule has 7 rings (SSSR count). The minimum atomic E-state index is -5.45. The highest BCUT2D eigenvalue weighted by molar-refractivity contribution is 7.99. The van der Waals surface area contributed by atoms with Crippen molar-refractivity contribution in [3.05, 3.63) is 119 Å². The number of halogens is 3. The van der Waals surface area contributed by atoms with Crippen molar-refractivity contribution in [3.63, 3.8) is 0 Å². The lowest BCUT2D eigenvalue weighted by atomic mass is 9.94. The molecule has 6 aromatic rings. The number of thioether (sulfide) groups is 1. The van der Waals surface area contributed by atoms with Gasteiger partial charge in [-0.25, -0.2) is 44.7 Å². The van der Waals surface area contributed by atoms with E-state index in [-0.39, 0.29) is 23.8 Å². The van der Waals surface area contributed by atoms with Crippen LogP contribution in [0.4, 0.5) is 29.1 Å². The maximum atomic E-state index is 14.8. The lowest BCUT2D eigenvalue weighted by Gasteiger charge is -2.29. The van der Waals surface area contributed by atoms with Crippen molar-refractivity contribution in [2.75, 3.05) is 48.5 Å². The summed E-state index contributed by atoms with van der Waals surface area (Å²) in [5.74, 6) is -1.10. The maximum absolute atomic E-state index is 14.8. The van der Waals surface area contributed by atoms with Crippen molar-refractivity contribution in [1.29, 1.82) is 0 Å². The maximum Gasteiger partial charge on any atom is 0.284 e. The van der Waals surface area contributed by atoms with Crippen molar-refractivity contribution < 1.29 is 39.6 Å². The Morgan fingerprint density at radius 3 is 2.42 bits per heavy atom. The molecule has 0 saturated heterocycles. The van der Waals surface area contributed by atoms with Crippen LogP contribution in [0.25, 0.3) is 10.2 Å². The van der Waals surface area contributed by atoms with Crippen LogP contribution in [-0.2, 0) is 32.8 Å². The summed E-state index contributed by atoms with van der Waals surface area (Å²) < 4.78 is 98.7. The van der Waals surface area contributed by atoms with Crippen LogP contribution in [0.1, 0.15) is 38.4 Å². The van der Waals surface area contributed by atoms with Gasteiger partial charge in [-0.2, -0.15) is 0 Å². The van der Waals surface area contributed by atoms with Gasteiger partial charge in [-0.05, 0) is 93.1 Å². The number of thiazole rings is 2. The number of fused-ring (bicyclic) bond motifs is 2. The minimum Gasteiger partial charge on any atom is -0.380 e. The summed E-state index contributed by atoms with van der Waals surface area (Å²) in [5.41, 5.74) is -1.28. The standard InChI is InChI=1S/C41H40F3N7O6S5/c1-50(2)19-18-26(23-58-27-10-4-3-5-11-27)45-32-16-15-28(21-35(32)61(54,55)37(44)36(42)43)62(56,57)49-39(53)33-24-59-41(47-33)51-20-17-25-9-8-12-29(30(25)22-51)38(52)48-40-46-31-13-6-7-14-34(31)60-40/h3-16,21,24,26,36-37,45H,17-20,22-23H2,1-2H3,(H,49,53)(H,46,48,52)/t26-,37?/m1/s1. The average Bonchev–Trinajstić information content (AvgIpc) is 3.92. The summed E-state index contributed by atoms with van der Waals surface area (Å²) >= 11 is 3.88. The second-order valence-electron chi connectivity index (χ2n) is 14.5. The largest absolute Gasteiger partial charge is 0.380 e. The molecule has 3 heterocycles. The van der Waals surface area contributed by atoms with Gasteiger partial charge >= 0.3 is 0 Å². The van der Waals surface area contributed by atoms with Crippen LogP contribution in [0.2, 0.25) is 0 Å². The Hall–Kier alpha value is -5.06. The predicted octanol–water partition coefficient (Wildman–Crippen LogP) is 7.55. The summed E-state index contributed by atoms with van der Waals surface area (Å²) in [5, 5.41) is 8.10. The Kier molecular flexibility index (Phi) is 13.9. The van der Waals surface area contributed by atoms with Crippen LogP contribution >= 0.6 is 34.4 Å². The molecule has 21 heteroatoms. The predicted molar refractivity (Wildman–Crippen MR) is 238 cm³/mol. The zero-order chi connectivity index (χ0) is 44.2. The van der Waals surface area contributed by atoms with E-state index in [4.69, 9.17) is 0 Å². The summed E-state index contributed by atoms with van der Waals surface area (Å²) in [4.78, 5) is 38.7. The third kappa shape index (κ3) is 10.4. The van der Waals surface area contributed by atoms with Gasteiger partial charge in [0.15, 0.2) is 10.3 Å². The minimum absolute atomic E-state index is 0.262. The Balaban J connectivity index is 1.08. The number of carbonyl (C=O) groups excluding carboxylic acids is 2. The molecule has 0 saturated carbocycles. The molecule has 0 fully saturated rings. The van der Waals surface area contributed by atoms with Crippen LogP contribution in [0.5, 0.6) is 0 Å². The molecule has 4 aromatic carbocycles. The number of hydrogen-bond acceptors (Lipinski definition) is 14. The summed E-state index contributed by atoms with van der Waals surface area (Å²) in [6.45, 7) is 1.29. The molecule has 2 aromatic heterocycles. The quantitative estimate of drug-likeness (QED) is 0.0769. The van der Waals surface area contributed by atoms with Gasteiger partial charge < -0.3 is 15.1 Å². The lowest BCUT2D eigenvalue weighted by Crippen LogP contribution is -2.33. The number of benzene rings is 4. The van der Waals surface area contributed by atoms with E-state index in [0.29, 0.717) is 53.6 Å². The molecule has 2 atom stereocenters. The number of hydrogen-bond donors (Lipinski definition) is 3. The fourth-order valence-electron chi connectivity index (χ4n) is 6.62. The van der Waals surface area contributed by atoms with Crippen molar-refractivity contribution in [1.82, 2.24) is 19.6 Å². The first-order chi connectivity index (χ1) is 29.6. The first-order valence-electron chi connectivity index (χ1n) is 19.0. The van der Waals surface area contributed by atoms with Gasteiger partial charge in [-0.15, -0.1) is 23.1 Å². The number of aromatic nitrogens is 2. The van der Waals surface area contributed by atoms with E-state index in [0.717, 1.165) is 49.7 Å². The molecular weight excluding hydrogens is 904 g/mol. The normalized spacial score (nSPS) is 14.1. The van der Waals surface area contributed by atoms with E-state index >= 15 is 0 Å². The van der Waals surface area contributed by atoms with Crippen LogP contribution in [-0.4, -0.2) is 94.4 Å². The number of anilines is 3. The zero-order valence-corrected chi connectivity index (χ0v) is 37.2. The first kappa shape index (κ1) is 45.0. The van der Waals surface area contributed by atoms with Gasteiger partial charge in [0, 0.05) is 40.7 Å². The number of amides is 2. The van der Waals surface area contributed by atoms with Crippen molar-refractivity contribution >= 4 is 92.3 Å². The molecule has 3 N–H and O–H groups in total. The van der Waals surface area contributed by atoms with Crippen molar-refractivity contribution in [2.24, 2.45) is 0 Å². The fraction of sp³-hybridized carbons (Fsp3) is 0.268. The molecule has 2 amide bonds. The number of alkyl halides is 3. The second-order valence-corrected chi connectivity index (χ2v) is 21.1. The summed E-state index contributed by atoms with van der Waals surface area (Å²) in [6.07, 6.45) is -2.92. The van der Waals surface area contributed by atoms with E-state index in [1.54, 1.807) is 12.1 Å². The molecule has 1 unspecified atom stereocenters.